The molecule has 0 atom stereocenters. The highest BCUT2D eigenvalue weighted by atomic mass is 32.3. The largest absolute Gasteiger partial charge is 0.277 e. The Labute approximate surface area is 104 Å². The highest BCUT2D eigenvalue weighted by Crippen LogP contribution is 2.59. The molecule has 1 aliphatic heterocycles. The van der Waals surface area contributed by atoms with Gasteiger partial charge < -0.3 is 0 Å². The highest BCUT2D eigenvalue weighted by molar-refractivity contribution is 8.23. The van der Waals surface area contributed by atoms with E-state index in [-0.39, 0.29) is 11.4 Å². The van der Waals surface area contributed by atoms with Crippen molar-refractivity contribution in [1.82, 2.24) is 4.31 Å². The summed E-state index contributed by atoms with van der Waals surface area (Å²) >= 11 is 1.27. The second kappa shape index (κ2) is 4.16. The Morgan fingerprint density at radius 3 is 2.94 bits per heavy atom. The summed E-state index contributed by atoms with van der Waals surface area (Å²) in [4.78, 5) is 12.2. The number of nitriles is 1. The van der Waals surface area contributed by atoms with Crippen LogP contribution in [0.25, 0.3) is 0 Å². The van der Waals surface area contributed by atoms with Gasteiger partial charge in [-0.3, -0.25) is 13.9 Å². The zero-order valence-corrected chi connectivity index (χ0v) is 10.6. The molecule has 2 N–H and O–H groups in total. The zero-order valence-electron chi connectivity index (χ0n) is 8.95. The molecule has 0 fully saturated rings. The molecule has 1 amide bonds. The lowest BCUT2D eigenvalue weighted by atomic mass is 10.2. The van der Waals surface area contributed by atoms with E-state index in [1.54, 1.807) is 17.7 Å². The second-order valence-corrected chi connectivity index (χ2v) is 6.29. The van der Waals surface area contributed by atoms with Gasteiger partial charge in [-0.05, 0) is 12.5 Å². The normalized spacial score (nSPS) is 20.0. The van der Waals surface area contributed by atoms with Crippen LogP contribution in [0.4, 0.5) is 0 Å². The molecule has 2 rings (SSSR count). The quantitative estimate of drug-likeness (QED) is 0.809. The molecule has 1 aliphatic rings. The van der Waals surface area contributed by atoms with Crippen LogP contribution in [-0.2, 0) is 0 Å². The number of hydrogen-bond donors (Lipinski definition) is 2. The Morgan fingerprint density at radius 1 is 1.65 bits per heavy atom. The number of allylic oxidation sites excluding steroid dienone is 1. The Bertz CT molecular complexity index is 542. The van der Waals surface area contributed by atoms with Crippen LogP contribution in [0.15, 0.2) is 27.3 Å². The van der Waals surface area contributed by atoms with Gasteiger partial charge in [-0.25, -0.2) is 4.31 Å². The van der Waals surface area contributed by atoms with Gasteiger partial charge in [0.15, 0.2) is 0 Å². The van der Waals surface area contributed by atoms with Crippen LogP contribution in [-0.4, -0.2) is 25.9 Å². The molecule has 7 heteroatoms. The molecule has 0 saturated carbocycles. The summed E-state index contributed by atoms with van der Waals surface area (Å²) in [6.07, 6.45) is 1.29. The number of rotatable bonds is 2. The first kappa shape index (κ1) is 12.1. The number of thiophene rings is 1. The summed E-state index contributed by atoms with van der Waals surface area (Å²) in [6.45, 7) is 1.71. The summed E-state index contributed by atoms with van der Waals surface area (Å²) in [7, 11) is -3.22. The number of hydrogen-bond acceptors (Lipinski definition) is 5. The van der Waals surface area contributed by atoms with Crippen molar-refractivity contribution in [3.8, 4) is 6.07 Å². The van der Waals surface area contributed by atoms with E-state index in [0.717, 1.165) is 4.31 Å². The van der Waals surface area contributed by atoms with E-state index in [2.05, 4.69) is 0 Å². The molecule has 1 aromatic rings. The van der Waals surface area contributed by atoms with E-state index >= 15 is 0 Å². The molecule has 0 saturated heterocycles. The summed E-state index contributed by atoms with van der Waals surface area (Å²) in [6, 6.07) is 1.85. The smallest absolute Gasteiger partial charge is 0.275 e. The lowest BCUT2D eigenvalue weighted by molar-refractivity contribution is 0.0871. The molecule has 0 radical (unpaired) electrons. The first-order valence-electron chi connectivity index (χ1n) is 4.70. The fourth-order valence-corrected chi connectivity index (χ4v) is 4.40. The average molecular weight is 270 g/mol. The maximum absolute atomic E-state index is 11.9. The summed E-state index contributed by atoms with van der Waals surface area (Å²) in [5, 5.41) is 11.7. The summed E-state index contributed by atoms with van der Waals surface area (Å²) < 4.78 is 21.1. The monoisotopic (exact) mass is 270 g/mol. The first-order valence-corrected chi connectivity index (χ1v) is 7.15. The van der Waals surface area contributed by atoms with Crippen molar-refractivity contribution in [2.75, 3.05) is 6.54 Å². The minimum absolute atomic E-state index is 0.0497. The molecule has 0 aromatic carbocycles. The van der Waals surface area contributed by atoms with Gasteiger partial charge in [-0.1, -0.05) is 10.8 Å². The number of fused-ring (bicyclic) bond motifs is 1. The van der Waals surface area contributed by atoms with Crippen LogP contribution in [0.1, 0.15) is 17.3 Å². The third kappa shape index (κ3) is 1.85. The fraction of sp³-hybridized carbons (Fsp3) is 0.200. The number of amides is 1. The van der Waals surface area contributed by atoms with Crippen LogP contribution in [0, 0.1) is 11.3 Å². The third-order valence-corrected chi connectivity index (χ3v) is 5.12. The lowest BCUT2D eigenvalue weighted by Gasteiger charge is -2.36. The number of nitrogens with zero attached hydrogens (tertiary/aromatic N) is 2. The maximum atomic E-state index is 11.9. The SMILES string of the molecule is CC(=CC#N)CN1C(=O)c2cscc2S1(O)O. The Kier molecular flexibility index (Phi) is 2.97. The number of carbonyl (C=O) groups excluding carboxylic acids is 1. The zero-order chi connectivity index (χ0) is 12.6. The molecule has 0 aliphatic carbocycles. The van der Waals surface area contributed by atoms with Crippen molar-refractivity contribution in [1.29, 1.82) is 5.26 Å². The van der Waals surface area contributed by atoms with Crippen LogP contribution in [0.3, 0.4) is 0 Å². The van der Waals surface area contributed by atoms with Crippen LogP contribution in [0.5, 0.6) is 0 Å². The molecule has 90 valence electrons. The average Bonchev–Trinajstić information content (AvgIpc) is 2.79. The van der Waals surface area contributed by atoms with Crippen molar-refractivity contribution in [3.63, 3.8) is 0 Å². The van der Waals surface area contributed by atoms with Gasteiger partial charge in [0, 0.05) is 16.8 Å². The minimum atomic E-state index is -3.22. The van der Waals surface area contributed by atoms with E-state index in [9.17, 15) is 13.9 Å². The van der Waals surface area contributed by atoms with Gasteiger partial charge in [0.2, 0.25) is 0 Å². The van der Waals surface area contributed by atoms with Crippen LogP contribution < -0.4 is 0 Å². The molecule has 17 heavy (non-hydrogen) atoms. The van der Waals surface area contributed by atoms with Crippen molar-refractivity contribution < 1.29 is 13.9 Å². The van der Waals surface area contributed by atoms with Gasteiger partial charge in [0.05, 0.1) is 18.2 Å². The highest BCUT2D eigenvalue weighted by Gasteiger charge is 2.41. The molecule has 1 aromatic heterocycles. The van der Waals surface area contributed by atoms with Crippen LogP contribution >= 0.6 is 22.1 Å². The van der Waals surface area contributed by atoms with Gasteiger partial charge in [0.25, 0.3) is 5.91 Å². The minimum Gasteiger partial charge on any atom is -0.277 e. The van der Waals surface area contributed by atoms with E-state index in [0.29, 0.717) is 11.1 Å². The van der Waals surface area contributed by atoms with Gasteiger partial charge in [0.1, 0.15) is 4.90 Å². The van der Waals surface area contributed by atoms with Gasteiger partial charge >= 0.3 is 0 Å². The maximum Gasteiger partial charge on any atom is 0.275 e. The van der Waals surface area contributed by atoms with E-state index in [1.807, 2.05) is 6.07 Å². The topological polar surface area (TPSA) is 84.6 Å². The standard InChI is InChI=1S/C10H10N2O3S2/c1-7(2-3-11)4-12-10(13)8-5-16-6-9(8)17(12,14)15/h2,5-6,14-15H,4H2,1H3. The Hall–Kier alpha value is -1.33. The Balaban J connectivity index is 2.34. The van der Waals surface area contributed by atoms with E-state index in [1.165, 1.54) is 17.4 Å². The molecule has 0 spiro atoms. The van der Waals surface area contributed by atoms with Crippen molar-refractivity contribution >= 4 is 28.0 Å². The number of carbonyl (C=O) groups is 1. The van der Waals surface area contributed by atoms with Crippen LogP contribution in [0.2, 0.25) is 0 Å². The predicted molar refractivity (Wildman–Crippen MR) is 65.8 cm³/mol. The van der Waals surface area contributed by atoms with E-state index < -0.39 is 16.7 Å². The van der Waals surface area contributed by atoms with Crippen molar-refractivity contribution in [3.05, 3.63) is 28.0 Å². The summed E-state index contributed by atoms with van der Waals surface area (Å²) in [5.41, 5.74) is 0.953. The van der Waals surface area contributed by atoms with Crippen molar-refractivity contribution in [2.45, 2.75) is 11.8 Å². The van der Waals surface area contributed by atoms with E-state index in [4.69, 9.17) is 5.26 Å². The molecule has 0 bridgehead atoms. The van der Waals surface area contributed by atoms with Gasteiger partial charge in [-0.15, -0.1) is 11.3 Å². The first-order chi connectivity index (χ1) is 7.98. The third-order valence-electron chi connectivity index (χ3n) is 2.39. The molecular weight excluding hydrogens is 260 g/mol. The second-order valence-electron chi connectivity index (χ2n) is 3.63. The van der Waals surface area contributed by atoms with Crippen molar-refractivity contribution in [2.24, 2.45) is 0 Å². The molecule has 0 unspecified atom stereocenters. The fourth-order valence-electron chi connectivity index (χ4n) is 1.57. The molecule has 2 heterocycles. The molecule has 5 nitrogen and oxygen atoms in total. The lowest BCUT2D eigenvalue weighted by Crippen LogP contribution is -2.29. The molecular formula is C10H10N2O3S2. The Morgan fingerprint density at radius 2 is 2.35 bits per heavy atom. The van der Waals surface area contributed by atoms with Gasteiger partial charge in [-0.2, -0.15) is 5.26 Å². The summed E-state index contributed by atoms with van der Waals surface area (Å²) in [5.74, 6) is -0.396. The predicted octanol–water partition coefficient (Wildman–Crippen LogP) is 2.70.